The molecule has 0 amide bonds. The summed E-state index contributed by atoms with van der Waals surface area (Å²) in [5, 5.41) is 12.8. The summed E-state index contributed by atoms with van der Waals surface area (Å²) in [5.41, 5.74) is 2.06. The van der Waals surface area contributed by atoms with E-state index in [9.17, 15) is 10.1 Å². The van der Waals surface area contributed by atoms with Crippen LogP contribution in [0.15, 0.2) is 64.8 Å². The Labute approximate surface area is 165 Å². The second-order valence-electron chi connectivity index (χ2n) is 6.05. The summed E-state index contributed by atoms with van der Waals surface area (Å²) in [6.07, 6.45) is 3.26. The summed E-state index contributed by atoms with van der Waals surface area (Å²) in [5.74, 6) is 0.332. The van der Waals surface area contributed by atoms with E-state index in [1.807, 2.05) is 35.2 Å². The van der Waals surface area contributed by atoms with Gasteiger partial charge in [-0.1, -0.05) is 41.6 Å². The van der Waals surface area contributed by atoms with Gasteiger partial charge < -0.3 is 4.90 Å². The number of nitro groups is 1. The number of hydrogen-bond acceptors (Lipinski definition) is 6. The van der Waals surface area contributed by atoms with Crippen LogP contribution in [0.4, 0.5) is 17.2 Å². The molecule has 3 aromatic rings. The molecule has 0 fully saturated rings. The first-order valence-electron chi connectivity index (χ1n) is 8.42. The Bertz CT molecular complexity index is 997. The van der Waals surface area contributed by atoms with Crippen molar-refractivity contribution < 1.29 is 4.92 Å². The maximum atomic E-state index is 11.9. The van der Waals surface area contributed by atoms with Gasteiger partial charge in [0.2, 0.25) is 5.82 Å². The highest BCUT2D eigenvalue weighted by molar-refractivity contribution is 7.99. The Balaban J connectivity index is 1.78. The summed E-state index contributed by atoms with van der Waals surface area (Å²) in [7, 11) is 0. The molecule has 136 valence electrons. The van der Waals surface area contributed by atoms with Crippen LogP contribution in [0.1, 0.15) is 12.0 Å². The van der Waals surface area contributed by atoms with Crippen molar-refractivity contribution in [2.24, 2.45) is 0 Å². The molecule has 6 nitrogen and oxygen atoms in total. The van der Waals surface area contributed by atoms with Crippen molar-refractivity contribution in [3.05, 3.63) is 75.6 Å². The Kier molecular flexibility index (Phi) is 4.96. The van der Waals surface area contributed by atoms with E-state index in [2.05, 4.69) is 16.0 Å². The molecule has 0 spiro atoms. The zero-order chi connectivity index (χ0) is 18.8. The fraction of sp³-hybridized carbons (Fsp3) is 0.158. The average molecular weight is 399 g/mol. The van der Waals surface area contributed by atoms with Gasteiger partial charge in [0.25, 0.3) is 0 Å². The van der Waals surface area contributed by atoms with Crippen LogP contribution in [0.5, 0.6) is 0 Å². The van der Waals surface area contributed by atoms with Crippen LogP contribution in [0.25, 0.3) is 0 Å². The van der Waals surface area contributed by atoms with Crippen LogP contribution < -0.4 is 4.90 Å². The highest BCUT2D eigenvalue weighted by Gasteiger charge is 2.30. The predicted octanol–water partition coefficient (Wildman–Crippen LogP) is 5.27. The Hall–Kier alpha value is -2.64. The fourth-order valence-corrected chi connectivity index (χ4v) is 4.14. The number of aromatic nitrogens is 2. The molecule has 2 heterocycles. The second-order valence-corrected chi connectivity index (χ2v) is 7.55. The van der Waals surface area contributed by atoms with Crippen molar-refractivity contribution >= 4 is 40.6 Å². The van der Waals surface area contributed by atoms with Crippen LogP contribution in [0.3, 0.4) is 0 Å². The Morgan fingerprint density at radius 1 is 1.11 bits per heavy atom. The number of rotatable bonds is 4. The largest absolute Gasteiger partial charge is 0.344 e. The lowest BCUT2D eigenvalue weighted by molar-refractivity contribution is -0.387. The lowest BCUT2D eigenvalue weighted by atomic mass is 10.0. The second kappa shape index (κ2) is 7.54. The molecule has 8 heteroatoms. The molecular formula is C19H15ClN4O2S. The van der Waals surface area contributed by atoms with E-state index >= 15 is 0 Å². The van der Waals surface area contributed by atoms with Gasteiger partial charge in [-0.3, -0.25) is 10.1 Å². The molecule has 0 atom stereocenters. The van der Waals surface area contributed by atoms with Gasteiger partial charge in [0, 0.05) is 22.2 Å². The quantitative estimate of drug-likeness (QED) is 0.338. The minimum atomic E-state index is -0.398. The molecular weight excluding hydrogens is 384 g/mol. The van der Waals surface area contributed by atoms with Crippen molar-refractivity contribution in [3.8, 4) is 0 Å². The smallest absolute Gasteiger partial charge is 0.320 e. The van der Waals surface area contributed by atoms with Gasteiger partial charge in [-0.05, 0) is 48.7 Å². The van der Waals surface area contributed by atoms with Crippen molar-refractivity contribution in [3.63, 3.8) is 0 Å². The number of para-hydroxylation sites is 1. The Morgan fingerprint density at radius 3 is 2.67 bits per heavy atom. The molecule has 0 N–H and O–H groups in total. The van der Waals surface area contributed by atoms with Crippen LogP contribution in [0.2, 0.25) is 5.02 Å². The lowest BCUT2D eigenvalue weighted by Gasteiger charge is -2.30. The van der Waals surface area contributed by atoms with Crippen molar-refractivity contribution in [2.75, 3.05) is 11.4 Å². The molecule has 0 radical (unpaired) electrons. The van der Waals surface area contributed by atoms with E-state index in [1.54, 1.807) is 12.1 Å². The van der Waals surface area contributed by atoms with Crippen LogP contribution in [0, 0.1) is 10.1 Å². The number of fused-ring (bicyclic) bond motifs is 1. The number of hydrogen-bond donors (Lipinski definition) is 0. The third-order valence-corrected chi connectivity index (χ3v) is 5.60. The number of benzene rings is 2. The molecule has 27 heavy (non-hydrogen) atoms. The first kappa shape index (κ1) is 17.8. The third kappa shape index (κ3) is 3.61. The summed E-state index contributed by atoms with van der Waals surface area (Å²) in [6.45, 7) is 0.680. The van der Waals surface area contributed by atoms with E-state index in [4.69, 9.17) is 11.6 Å². The van der Waals surface area contributed by atoms with Gasteiger partial charge in [-0.15, -0.1) is 0 Å². The first-order chi connectivity index (χ1) is 13.1. The van der Waals surface area contributed by atoms with Gasteiger partial charge in [-0.2, -0.15) is 0 Å². The summed E-state index contributed by atoms with van der Waals surface area (Å²) in [4.78, 5) is 22.7. The van der Waals surface area contributed by atoms with Gasteiger partial charge >= 0.3 is 5.69 Å². The van der Waals surface area contributed by atoms with Gasteiger partial charge in [0.15, 0.2) is 5.03 Å². The average Bonchev–Trinajstić information content (AvgIpc) is 2.69. The number of halogens is 1. The van der Waals surface area contributed by atoms with Crippen molar-refractivity contribution in [1.29, 1.82) is 0 Å². The maximum absolute atomic E-state index is 11.9. The highest BCUT2D eigenvalue weighted by atomic mass is 35.5. The van der Waals surface area contributed by atoms with Gasteiger partial charge in [0.05, 0.1) is 4.92 Å². The molecule has 0 aliphatic carbocycles. The molecule has 2 aromatic carbocycles. The first-order valence-corrected chi connectivity index (χ1v) is 9.61. The Morgan fingerprint density at radius 2 is 1.89 bits per heavy atom. The minimum Gasteiger partial charge on any atom is -0.320 e. The predicted molar refractivity (Wildman–Crippen MR) is 106 cm³/mol. The SMILES string of the molecule is O=[N+]([O-])c1c(Sc2ccc(Cl)cc2)ncnc1N1CCCc2ccccc21. The monoisotopic (exact) mass is 398 g/mol. The van der Waals surface area contributed by atoms with Crippen LogP contribution in [-0.4, -0.2) is 21.4 Å². The lowest BCUT2D eigenvalue weighted by Crippen LogP contribution is -2.26. The molecule has 0 bridgehead atoms. The zero-order valence-electron chi connectivity index (χ0n) is 14.2. The fourth-order valence-electron chi connectivity index (χ4n) is 3.15. The summed E-state index contributed by atoms with van der Waals surface area (Å²) < 4.78 is 0. The van der Waals surface area contributed by atoms with Crippen LogP contribution in [-0.2, 0) is 6.42 Å². The van der Waals surface area contributed by atoms with E-state index < -0.39 is 4.92 Å². The van der Waals surface area contributed by atoms with E-state index in [-0.39, 0.29) is 5.69 Å². The van der Waals surface area contributed by atoms with Gasteiger partial charge in [0.1, 0.15) is 6.33 Å². The van der Waals surface area contributed by atoms with Crippen molar-refractivity contribution in [1.82, 2.24) is 9.97 Å². The number of nitrogens with zero attached hydrogens (tertiary/aromatic N) is 4. The number of aryl methyl sites for hydroxylation is 1. The summed E-state index contributed by atoms with van der Waals surface area (Å²) >= 11 is 7.15. The van der Waals surface area contributed by atoms with Gasteiger partial charge in [-0.25, -0.2) is 9.97 Å². The molecule has 0 saturated heterocycles. The molecule has 1 aliphatic heterocycles. The third-order valence-electron chi connectivity index (χ3n) is 4.35. The van der Waals surface area contributed by atoms with Crippen LogP contribution >= 0.6 is 23.4 Å². The normalized spacial score (nSPS) is 13.3. The van der Waals surface area contributed by atoms with E-state index in [0.29, 0.717) is 22.4 Å². The van der Waals surface area contributed by atoms with E-state index in [1.165, 1.54) is 23.7 Å². The summed E-state index contributed by atoms with van der Waals surface area (Å²) in [6, 6.07) is 15.1. The highest BCUT2D eigenvalue weighted by Crippen LogP contribution is 2.42. The maximum Gasteiger partial charge on any atom is 0.344 e. The molecule has 0 saturated carbocycles. The molecule has 0 unspecified atom stereocenters. The van der Waals surface area contributed by atoms with Crippen molar-refractivity contribution in [2.45, 2.75) is 22.8 Å². The number of anilines is 2. The molecule has 4 rings (SSSR count). The standard InChI is InChI=1S/C19H15ClN4O2S/c20-14-7-9-15(10-8-14)27-19-17(24(25)26)18(21-12-22-19)23-11-3-5-13-4-1-2-6-16(13)23/h1-2,4,6-10,12H,3,5,11H2. The topological polar surface area (TPSA) is 72.2 Å². The molecule has 1 aliphatic rings. The zero-order valence-corrected chi connectivity index (χ0v) is 15.8. The van der Waals surface area contributed by atoms with E-state index in [0.717, 1.165) is 23.4 Å². The minimum absolute atomic E-state index is 0.0749. The molecule has 1 aromatic heterocycles.